The van der Waals surface area contributed by atoms with Gasteiger partial charge in [0.1, 0.15) is 0 Å². The Balaban J connectivity index is 1.78. The smallest absolute Gasteiger partial charge is 0.337 e. The van der Waals surface area contributed by atoms with E-state index in [1.54, 1.807) is 22.8 Å². The van der Waals surface area contributed by atoms with E-state index in [0.29, 0.717) is 41.9 Å². The van der Waals surface area contributed by atoms with Crippen molar-refractivity contribution in [1.29, 1.82) is 0 Å². The van der Waals surface area contributed by atoms with Gasteiger partial charge in [0.15, 0.2) is 0 Å². The molecule has 32 heavy (non-hydrogen) atoms. The van der Waals surface area contributed by atoms with Crippen LogP contribution in [0.15, 0.2) is 83.7 Å². The van der Waals surface area contributed by atoms with Crippen molar-refractivity contribution in [2.45, 2.75) is 19.5 Å². The molecular formula is C26H25N3O3. The van der Waals surface area contributed by atoms with Gasteiger partial charge in [-0.05, 0) is 35.7 Å². The Hall–Kier alpha value is -3.93. The maximum absolute atomic E-state index is 13.5. The molecule has 1 aromatic heterocycles. The van der Waals surface area contributed by atoms with Crippen LogP contribution in [0, 0.1) is 0 Å². The van der Waals surface area contributed by atoms with Crippen molar-refractivity contribution < 1.29 is 9.53 Å². The predicted octanol–water partition coefficient (Wildman–Crippen LogP) is 4.06. The summed E-state index contributed by atoms with van der Waals surface area (Å²) in [5.41, 5.74) is 2.98. The van der Waals surface area contributed by atoms with E-state index in [4.69, 9.17) is 9.72 Å². The Labute approximate surface area is 186 Å². The lowest BCUT2D eigenvalue weighted by Gasteiger charge is -2.23. The van der Waals surface area contributed by atoms with Crippen LogP contribution in [0.2, 0.25) is 0 Å². The standard InChI is InChI=1S/C26H25N3O3/c1-28(18-20-11-7-4-8-12-20)26-27-23-17-21(25(31)32-2)13-14-22(23)24(30)29(26)16-15-19-9-5-3-6-10-19/h3-14,17H,15-16,18H2,1-2H3. The van der Waals surface area contributed by atoms with E-state index in [9.17, 15) is 9.59 Å². The molecule has 0 amide bonds. The molecule has 0 aliphatic rings. The number of methoxy groups -OCH3 is 1. The number of rotatable bonds is 7. The zero-order valence-electron chi connectivity index (χ0n) is 18.2. The van der Waals surface area contributed by atoms with E-state index in [2.05, 4.69) is 12.1 Å². The molecule has 6 nitrogen and oxygen atoms in total. The van der Waals surface area contributed by atoms with Crippen molar-refractivity contribution in [3.05, 3.63) is 106 Å². The summed E-state index contributed by atoms with van der Waals surface area (Å²) >= 11 is 0. The summed E-state index contributed by atoms with van der Waals surface area (Å²) in [4.78, 5) is 32.2. The molecule has 0 atom stereocenters. The average molecular weight is 428 g/mol. The third-order valence-corrected chi connectivity index (χ3v) is 5.43. The number of ether oxygens (including phenoxy) is 1. The second-order valence-electron chi connectivity index (χ2n) is 7.67. The number of aromatic nitrogens is 2. The molecule has 0 saturated carbocycles. The van der Waals surface area contributed by atoms with Gasteiger partial charge in [-0.15, -0.1) is 0 Å². The molecule has 0 N–H and O–H groups in total. The number of hydrogen-bond acceptors (Lipinski definition) is 5. The number of nitrogens with zero attached hydrogens (tertiary/aromatic N) is 3. The molecule has 3 aromatic carbocycles. The number of hydrogen-bond donors (Lipinski definition) is 0. The lowest BCUT2D eigenvalue weighted by molar-refractivity contribution is 0.0601. The van der Waals surface area contributed by atoms with E-state index in [0.717, 1.165) is 11.1 Å². The molecule has 162 valence electrons. The molecule has 0 spiro atoms. The third-order valence-electron chi connectivity index (χ3n) is 5.43. The number of carbonyl (C=O) groups excluding carboxylic acids is 1. The fourth-order valence-corrected chi connectivity index (χ4v) is 3.76. The topological polar surface area (TPSA) is 64.4 Å². The lowest BCUT2D eigenvalue weighted by Crippen LogP contribution is -2.31. The molecule has 0 unspecified atom stereocenters. The van der Waals surface area contributed by atoms with Gasteiger partial charge in [0.25, 0.3) is 5.56 Å². The van der Waals surface area contributed by atoms with Crippen LogP contribution in [0.25, 0.3) is 10.9 Å². The molecule has 0 bridgehead atoms. The number of anilines is 1. The molecule has 6 heteroatoms. The van der Waals surface area contributed by atoms with Gasteiger partial charge in [-0.3, -0.25) is 9.36 Å². The second kappa shape index (κ2) is 9.47. The molecule has 0 radical (unpaired) electrons. The first-order valence-electron chi connectivity index (χ1n) is 10.5. The van der Waals surface area contributed by atoms with Gasteiger partial charge in [0, 0.05) is 20.1 Å². The molecule has 0 aliphatic heterocycles. The summed E-state index contributed by atoms with van der Waals surface area (Å²) in [6.07, 6.45) is 0.709. The van der Waals surface area contributed by atoms with Crippen LogP contribution in [0.3, 0.4) is 0 Å². The quantitative estimate of drug-likeness (QED) is 0.416. The van der Waals surface area contributed by atoms with E-state index in [-0.39, 0.29) is 5.56 Å². The first-order valence-corrected chi connectivity index (χ1v) is 10.5. The minimum absolute atomic E-state index is 0.128. The maximum Gasteiger partial charge on any atom is 0.337 e. The monoisotopic (exact) mass is 427 g/mol. The Morgan fingerprint density at radius 3 is 2.28 bits per heavy atom. The SMILES string of the molecule is COC(=O)c1ccc2c(=O)n(CCc3ccccc3)c(N(C)Cc3ccccc3)nc2c1. The fraction of sp³-hybridized carbons (Fsp3) is 0.192. The maximum atomic E-state index is 13.5. The van der Waals surface area contributed by atoms with Crippen LogP contribution in [-0.4, -0.2) is 29.7 Å². The van der Waals surface area contributed by atoms with Gasteiger partial charge < -0.3 is 9.64 Å². The van der Waals surface area contributed by atoms with Gasteiger partial charge in [0.2, 0.25) is 5.95 Å². The Morgan fingerprint density at radius 2 is 1.62 bits per heavy atom. The number of benzene rings is 3. The number of fused-ring (bicyclic) bond motifs is 1. The molecule has 0 aliphatic carbocycles. The van der Waals surface area contributed by atoms with Gasteiger partial charge in [-0.2, -0.15) is 0 Å². The number of aryl methyl sites for hydroxylation is 1. The summed E-state index contributed by atoms with van der Waals surface area (Å²) in [6.45, 7) is 1.10. The van der Waals surface area contributed by atoms with Crippen LogP contribution in [0.5, 0.6) is 0 Å². The molecular weight excluding hydrogens is 402 g/mol. The van der Waals surface area contributed by atoms with Crippen molar-refractivity contribution in [2.75, 3.05) is 19.1 Å². The summed E-state index contributed by atoms with van der Waals surface area (Å²) in [5, 5.41) is 0.475. The lowest BCUT2D eigenvalue weighted by atomic mass is 10.1. The summed E-state index contributed by atoms with van der Waals surface area (Å²) < 4.78 is 6.54. The Kier molecular flexibility index (Phi) is 6.31. The Bertz CT molecular complexity index is 1280. The van der Waals surface area contributed by atoms with Gasteiger partial charge >= 0.3 is 5.97 Å². The largest absolute Gasteiger partial charge is 0.465 e. The first kappa shape index (κ1) is 21.3. The van der Waals surface area contributed by atoms with Crippen molar-refractivity contribution in [3.8, 4) is 0 Å². The van der Waals surface area contributed by atoms with Crippen molar-refractivity contribution in [2.24, 2.45) is 0 Å². The third kappa shape index (κ3) is 4.54. The van der Waals surface area contributed by atoms with Crippen molar-refractivity contribution >= 4 is 22.8 Å². The van der Waals surface area contributed by atoms with E-state index in [1.165, 1.54) is 7.11 Å². The molecule has 0 saturated heterocycles. The van der Waals surface area contributed by atoms with E-state index in [1.807, 2.05) is 60.5 Å². The van der Waals surface area contributed by atoms with Crippen LogP contribution in [0.1, 0.15) is 21.5 Å². The molecule has 0 fully saturated rings. The summed E-state index contributed by atoms with van der Waals surface area (Å²) in [5.74, 6) is 0.102. The summed E-state index contributed by atoms with van der Waals surface area (Å²) in [6, 6.07) is 25.0. The van der Waals surface area contributed by atoms with Crippen LogP contribution in [-0.2, 0) is 24.2 Å². The predicted molar refractivity (Wildman–Crippen MR) is 126 cm³/mol. The highest BCUT2D eigenvalue weighted by Gasteiger charge is 2.17. The van der Waals surface area contributed by atoms with E-state index < -0.39 is 5.97 Å². The number of esters is 1. The molecule has 1 heterocycles. The molecule has 4 aromatic rings. The normalized spacial score (nSPS) is 10.8. The molecule has 4 rings (SSSR count). The zero-order valence-corrected chi connectivity index (χ0v) is 18.2. The Morgan fingerprint density at radius 1 is 0.969 bits per heavy atom. The minimum atomic E-state index is -0.457. The zero-order chi connectivity index (χ0) is 22.5. The van der Waals surface area contributed by atoms with Crippen molar-refractivity contribution in [1.82, 2.24) is 9.55 Å². The van der Waals surface area contributed by atoms with Crippen LogP contribution in [0.4, 0.5) is 5.95 Å². The van der Waals surface area contributed by atoms with Gasteiger partial charge in [-0.25, -0.2) is 9.78 Å². The first-order chi connectivity index (χ1) is 15.6. The van der Waals surface area contributed by atoms with Gasteiger partial charge in [0.05, 0.1) is 23.6 Å². The van der Waals surface area contributed by atoms with Crippen LogP contribution < -0.4 is 10.5 Å². The highest BCUT2D eigenvalue weighted by Crippen LogP contribution is 2.19. The highest BCUT2D eigenvalue weighted by atomic mass is 16.5. The van der Waals surface area contributed by atoms with Gasteiger partial charge in [-0.1, -0.05) is 60.7 Å². The summed E-state index contributed by atoms with van der Waals surface area (Å²) in [7, 11) is 3.25. The van der Waals surface area contributed by atoms with E-state index >= 15 is 0 Å². The van der Waals surface area contributed by atoms with Crippen molar-refractivity contribution in [3.63, 3.8) is 0 Å². The van der Waals surface area contributed by atoms with Crippen LogP contribution >= 0.6 is 0 Å². The average Bonchev–Trinajstić information content (AvgIpc) is 2.83. The fourth-order valence-electron chi connectivity index (χ4n) is 3.76. The number of carbonyl (C=O) groups is 1. The highest BCUT2D eigenvalue weighted by molar-refractivity contribution is 5.94. The minimum Gasteiger partial charge on any atom is -0.465 e. The second-order valence-corrected chi connectivity index (χ2v) is 7.67.